The topological polar surface area (TPSA) is 83.3 Å². The number of hydrogen-bond acceptors (Lipinski definition) is 5. The summed E-state index contributed by atoms with van der Waals surface area (Å²) in [6, 6.07) is 11.4. The van der Waals surface area contributed by atoms with Crippen molar-refractivity contribution in [1.29, 1.82) is 0 Å². The molecule has 4 rings (SSSR count). The number of Topliss-reactive ketones (excluding diaryl/α,β-unsaturated/α-hetero) is 1. The lowest BCUT2D eigenvalue weighted by atomic mass is 9.77. The number of pyridine rings is 2. The van der Waals surface area contributed by atoms with E-state index < -0.39 is 11.0 Å². The first-order valence-electron chi connectivity index (χ1n) is 11.7. The molecule has 0 radical (unpaired) electrons. The van der Waals surface area contributed by atoms with Gasteiger partial charge < -0.3 is 10.2 Å². The van der Waals surface area contributed by atoms with Gasteiger partial charge in [0.05, 0.1) is 12.2 Å². The predicted molar refractivity (Wildman–Crippen MR) is 135 cm³/mol. The zero-order valence-electron chi connectivity index (χ0n) is 19.9. The van der Waals surface area contributed by atoms with E-state index >= 15 is 0 Å². The van der Waals surface area contributed by atoms with Crippen LogP contribution in [0, 0.1) is 5.92 Å². The van der Waals surface area contributed by atoms with Gasteiger partial charge in [-0.05, 0) is 62.4 Å². The van der Waals surface area contributed by atoms with E-state index in [0.717, 1.165) is 27.9 Å². The van der Waals surface area contributed by atoms with Crippen LogP contribution in [0.15, 0.2) is 55.0 Å². The number of aliphatic hydroxyl groups is 2. The molecule has 5 nitrogen and oxygen atoms in total. The van der Waals surface area contributed by atoms with E-state index in [1.54, 1.807) is 24.7 Å². The first-order chi connectivity index (χ1) is 16.1. The normalized spacial score (nSPS) is 20.8. The van der Waals surface area contributed by atoms with Crippen LogP contribution >= 0.6 is 11.6 Å². The molecule has 3 aromatic rings. The Morgan fingerprint density at radius 2 is 1.79 bits per heavy atom. The third-order valence-corrected chi connectivity index (χ3v) is 7.23. The fraction of sp³-hybridized carbons (Fsp3) is 0.393. The number of rotatable bonds is 6. The first kappa shape index (κ1) is 24.5. The quantitative estimate of drug-likeness (QED) is 0.433. The van der Waals surface area contributed by atoms with Crippen molar-refractivity contribution in [3.05, 3.63) is 71.3 Å². The highest BCUT2D eigenvalue weighted by Crippen LogP contribution is 2.36. The lowest BCUT2D eigenvalue weighted by Crippen LogP contribution is -2.33. The Kier molecular flexibility index (Phi) is 6.90. The van der Waals surface area contributed by atoms with E-state index in [4.69, 9.17) is 11.6 Å². The van der Waals surface area contributed by atoms with Crippen molar-refractivity contribution in [2.24, 2.45) is 5.92 Å². The van der Waals surface area contributed by atoms with Crippen molar-refractivity contribution in [2.75, 3.05) is 6.61 Å². The number of ketones is 1. The van der Waals surface area contributed by atoms with Crippen molar-refractivity contribution in [3.63, 3.8) is 0 Å². The molecule has 0 atom stereocenters. The third-order valence-electron chi connectivity index (χ3n) is 6.92. The van der Waals surface area contributed by atoms with Gasteiger partial charge in [-0.15, -0.1) is 0 Å². The van der Waals surface area contributed by atoms with Crippen LogP contribution in [0.5, 0.6) is 0 Å². The minimum atomic E-state index is -0.667. The fourth-order valence-electron chi connectivity index (χ4n) is 4.45. The van der Waals surface area contributed by atoms with Crippen LogP contribution in [-0.4, -0.2) is 38.2 Å². The Labute approximate surface area is 205 Å². The molecule has 1 saturated carbocycles. The van der Waals surface area contributed by atoms with E-state index in [-0.39, 0.29) is 18.3 Å². The van der Waals surface area contributed by atoms with Crippen molar-refractivity contribution in [2.45, 2.75) is 57.5 Å². The van der Waals surface area contributed by atoms with Crippen LogP contribution < -0.4 is 0 Å². The summed E-state index contributed by atoms with van der Waals surface area (Å²) in [6.07, 6.45) is 7.95. The molecule has 0 amide bonds. The van der Waals surface area contributed by atoms with E-state index in [1.807, 2.05) is 51.1 Å². The minimum Gasteiger partial charge on any atom is -0.395 e. The summed E-state index contributed by atoms with van der Waals surface area (Å²) in [7, 11) is 0. The van der Waals surface area contributed by atoms with Gasteiger partial charge in [0.2, 0.25) is 0 Å². The zero-order chi connectivity index (χ0) is 24.5. The maximum atomic E-state index is 13.0. The number of carbonyl (C=O) groups is 1. The standard InChI is InChI=1S/C28H31ClN2O3/c1-27(2,17-32)25-14-19(8-11-31-25)21-12-22(16-30-15-21)23-5-4-20(13-24(23)29)26(33)18-6-9-28(3,34)10-7-18/h4-5,8,11-16,18,32,34H,6-7,9-10,17H2,1-3H3. The lowest BCUT2D eigenvalue weighted by molar-refractivity contribution is 0.00972. The number of hydrogen-bond donors (Lipinski definition) is 2. The average molecular weight is 479 g/mol. The van der Waals surface area contributed by atoms with E-state index in [2.05, 4.69) is 9.97 Å². The first-order valence-corrected chi connectivity index (χ1v) is 12.1. The Morgan fingerprint density at radius 3 is 2.47 bits per heavy atom. The molecule has 1 aliphatic carbocycles. The molecular formula is C28H31ClN2O3. The molecular weight excluding hydrogens is 448 g/mol. The van der Waals surface area contributed by atoms with Gasteiger partial charge in [-0.25, -0.2) is 0 Å². The third kappa shape index (κ3) is 5.22. The van der Waals surface area contributed by atoms with Crippen LogP contribution in [0.4, 0.5) is 0 Å². The second kappa shape index (κ2) is 9.57. The molecule has 34 heavy (non-hydrogen) atoms. The molecule has 0 spiro atoms. The summed E-state index contributed by atoms with van der Waals surface area (Å²) >= 11 is 6.64. The summed E-state index contributed by atoms with van der Waals surface area (Å²) in [5.41, 5.74) is 3.84. The molecule has 178 valence electrons. The van der Waals surface area contributed by atoms with Gasteiger partial charge in [-0.2, -0.15) is 0 Å². The van der Waals surface area contributed by atoms with Crippen LogP contribution in [-0.2, 0) is 5.41 Å². The highest BCUT2D eigenvalue weighted by molar-refractivity contribution is 6.33. The van der Waals surface area contributed by atoms with Crippen molar-refractivity contribution in [1.82, 2.24) is 9.97 Å². The highest BCUT2D eigenvalue weighted by Gasteiger charge is 2.32. The number of benzene rings is 1. The van der Waals surface area contributed by atoms with Gasteiger partial charge in [0.25, 0.3) is 0 Å². The Hall–Kier alpha value is -2.60. The lowest BCUT2D eigenvalue weighted by Gasteiger charge is -2.32. The summed E-state index contributed by atoms with van der Waals surface area (Å²) in [5, 5.41) is 20.4. The predicted octanol–water partition coefficient (Wildman–Crippen LogP) is 5.86. The second-order valence-electron chi connectivity index (χ2n) is 10.3. The van der Waals surface area contributed by atoms with E-state index in [1.165, 1.54) is 0 Å². The van der Waals surface area contributed by atoms with Gasteiger partial charge in [-0.1, -0.05) is 37.6 Å². The minimum absolute atomic E-state index is 0.00257. The fourth-order valence-corrected chi connectivity index (χ4v) is 4.74. The maximum Gasteiger partial charge on any atom is 0.165 e. The number of halogens is 1. The smallest absolute Gasteiger partial charge is 0.165 e. The molecule has 0 bridgehead atoms. The molecule has 1 aliphatic rings. The summed E-state index contributed by atoms with van der Waals surface area (Å²) in [6.45, 7) is 5.74. The SMILES string of the molecule is CC1(O)CCC(C(=O)c2ccc(-c3cncc(-c4ccnc(C(C)(C)CO)c4)c3)c(Cl)c2)CC1. The molecule has 0 unspecified atom stereocenters. The molecule has 0 saturated heterocycles. The monoisotopic (exact) mass is 478 g/mol. The second-order valence-corrected chi connectivity index (χ2v) is 10.7. The number of carbonyl (C=O) groups excluding carboxylic acids is 1. The van der Waals surface area contributed by atoms with Crippen LogP contribution in [0.2, 0.25) is 5.02 Å². The molecule has 6 heteroatoms. The highest BCUT2D eigenvalue weighted by atomic mass is 35.5. The Balaban J connectivity index is 1.59. The molecule has 2 N–H and O–H groups in total. The van der Waals surface area contributed by atoms with Crippen LogP contribution in [0.1, 0.15) is 62.5 Å². The van der Waals surface area contributed by atoms with E-state index in [9.17, 15) is 15.0 Å². The Bertz CT molecular complexity index is 1200. The molecule has 2 aromatic heterocycles. The number of aliphatic hydroxyl groups excluding tert-OH is 1. The Morgan fingerprint density at radius 1 is 1.09 bits per heavy atom. The van der Waals surface area contributed by atoms with Crippen molar-refractivity contribution < 1.29 is 15.0 Å². The summed E-state index contributed by atoms with van der Waals surface area (Å²) < 4.78 is 0. The zero-order valence-corrected chi connectivity index (χ0v) is 20.6. The number of nitrogens with zero attached hydrogens (tertiary/aromatic N) is 2. The number of aromatic nitrogens is 2. The van der Waals surface area contributed by atoms with Crippen LogP contribution in [0.3, 0.4) is 0 Å². The van der Waals surface area contributed by atoms with Crippen molar-refractivity contribution in [3.8, 4) is 22.3 Å². The van der Waals surface area contributed by atoms with Gasteiger partial charge in [0.15, 0.2) is 5.78 Å². The summed E-state index contributed by atoms with van der Waals surface area (Å²) in [4.78, 5) is 21.9. The molecule has 1 fully saturated rings. The molecule has 0 aliphatic heterocycles. The van der Waals surface area contributed by atoms with Gasteiger partial charge in [0, 0.05) is 62.9 Å². The summed E-state index contributed by atoms with van der Waals surface area (Å²) in [5.74, 6) is 0.0165. The van der Waals surface area contributed by atoms with Crippen molar-refractivity contribution >= 4 is 17.4 Å². The average Bonchev–Trinajstić information content (AvgIpc) is 2.83. The maximum absolute atomic E-state index is 13.0. The van der Waals surface area contributed by atoms with Crippen LogP contribution in [0.25, 0.3) is 22.3 Å². The largest absolute Gasteiger partial charge is 0.395 e. The molecule has 1 aromatic carbocycles. The molecule has 2 heterocycles. The van der Waals surface area contributed by atoms with E-state index in [0.29, 0.717) is 36.3 Å². The van der Waals surface area contributed by atoms with Gasteiger partial charge >= 0.3 is 0 Å². The van der Waals surface area contributed by atoms with Gasteiger partial charge in [0.1, 0.15) is 0 Å². The van der Waals surface area contributed by atoms with Gasteiger partial charge in [-0.3, -0.25) is 14.8 Å².